The van der Waals surface area contributed by atoms with E-state index in [0.717, 1.165) is 19.3 Å². The van der Waals surface area contributed by atoms with Crippen LogP contribution < -0.4 is 0 Å². The van der Waals surface area contributed by atoms with Crippen LogP contribution in [-0.4, -0.2) is 21.9 Å². The highest BCUT2D eigenvalue weighted by molar-refractivity contribution is 4.87. The fourth-order valence-corrected chi connectivity index (χ4v) is 2.17. The van der Waals surface area contributed by atoms with Crippen LogP contribution in [0.25, 0.3) is 0 Å². The second-order valence-electron chi connectivity index (χ2n) is 4.75. The van der Waals surface area contributed by atoms with Gasteiger partial charge < -0.3 is 10.2 Å². The Balaban J connectivity index is 2.57. The molecular formula is C10H20O2. The van der Waals surface area contributed by atoms with Gasteiger partial charge in [-0.1, -0.05) is 13.3 Å². The molecule has 1 aliphatic carbocycles. The van der Waals surface area contributed by atoms with E-state index in [1.165, 1.54) is 0 Å². The predicted molar refractivity (Wildman–Crippen MR) is 48.8 cm³/mol. The highest BCUT2D eigenvalue weighted by atomic mass is 16.3. The summed E-state index contributed by atoms with van der Waals surface area (Å²) < 4.78 is 0. The van der Waals surface area contributed by atoms with Crippen LogP contribution in [-0.2, 0) is 0 Å². The van der Waals surface area contributed by atoms with Gasteiger partial charge in [-0.05, 0) is 32.6 Å². The minimum Gasteiger partial charge on any atom is -0.393 e. The molecule has 1 aliphatic rings. The van der Waals surface area contributed by atoms with Crippen molar-refractivity contribution in [2.75, 3.05) is 0 Å². The summed E-state index contributed by atoms with van der Waals surface area (Å²) in [5, 5.41) is 19.5. The van der Waals surface area contributed by atoms with E-state index in [0.29, 0.717) is 5.92 Å². The first-order valence-electron chi connectivity index (χ1n) is 4.81. The largest absolute Gasteiger partial charge is 0.393 e. The van der Waals surface area contributed by atoms with Crippen LogP contribution in [0.5, 0.6) is 0 Å². The monoisotopic (exact) mass is 172 g/mol. The predicted octanol–water partition coefficient (Wildman–Crippen LogP) is 1.55. The number of aliphatic hydroxyl groups excluding tert-OH is 1. The third kappa shape index (κ3) is 2.20. The number of aliphatic hydroxyl groups is 2. The Bertz CT molecular complexity index is 148. The smallest absolute Gasteiger partial charge is 0.0644 e. The summed E-state index contributed by atoms with van der Waals surface area (Å²) >= 11 is 0. The van der Waals surface area contributed by atoms with Crippen molar-refractivity contribution in [3.63, 3.8) is 0 Å². The Morgan fingerprint density at radius 2 is 1.83 bits per heavy atom. The van der Waals surface area contributed by atoms with E-state index in [-0.39, 0.29) is 12.0 Å². The van der Waals surface area contributed by atoms with Crippen molar-refractivity contribution in [3.05, 3.63) is 0 Å². The summed E-state index contributed by atoms with van der Waals surface area (Å²) in [5.74, 6) is 0.673. The topological polar surface area (TPSA) is 40.5 Å². The van der Waals surface area contributed by atoms with Gasteiger partial charge in [0.15, 0.2) is 0 Å². The van der Waals surface area contributed by atoms with Crippen LogP contribution in [0, 0.1) is 11.8 Å². The molecule has 0 spiro atoms. The summed E-state index contributed by atoms with van der Waals surface area (Å²) in [6.07, 6.45) is 2.61. The molecule has 1 fully saturated rings. The molecule has 2 N–H and O–H groups in total. The van der Waals surface area contributed by atoms with Gasteiger partial charge in [0.25, 0.3) is 0 Å². The quantitative estimate of drug-likeness (QED) is 0.630. The van der Waals surface area contributed by atoms with Crippen molar-refractivity contribution in [2.45, 2.75) is 51.7 Å². The minimum atomic E-state index is -0.723. The highest BCUT2D eigenvalue weighted by Crippen LogP contribution is 2.35. The molecule has 0 aromatic carbocycles. The van der Waals surface area contributed by atoms with Crippen molar-refractivity contribution in [1.82, 2.24) is 0 Å². The van der Waals surface area contributed by atoms with E-state index in [1.807, 2.05) is 0 Å². The lowest BCUT2D eigenvalue weighted by Crippen LogP contribution is -2.42. The fraction of sp³-hybridized carbons (Fsp3) is 1.00. The lowest BCUT2D eigenvalue weighted by molar-refractivity contribution is -0.0730. The molecule has 3 atom stereocenters. The molecule has 0 aromatic rings. The van der Waals surface area contributed by atoms with Gasteiger partial charge in [-0.25, -0.2) is 0 Å². The summed E-state index contributed by atoms with van der Waals surface area (Å²) in [4.78, 5) is 0. The molecule has 2 nitrogen and oxygen atoms in total. The van der Waals surface area contributed by atoms with Crippen molar-refractivity contribution in [2.24, 2.45) is 11.8 Å². The lowest BCUT2D eigenvalue weighted by atomic mass is 9.73. The Morgan fingerprint density at radius 3 is 2.25 bits per heavy atom. The third-order valence-electron chi connectivity index (χ3n) is 2.99. The van der Waals surface area contributed by atoms with Crippen LogP contribution in [0.4, 0.5) is 0 Å². The SMILES string of the molecule is C[C@H]1CCC(C(C)(C)O)[C@H](O)C1. The molecule has 0 amide bonds. The molecule has 1 rings (SSSR count). The normalized spacial score (nSPS) is 38.2. The lowest BCUT2D eigenvalue weighted by Gasteiger charge is -2.38. The first-order chi connectivity index (χ1) is 5.41. The Morgan fingerprint density at radius 1 is 1.25 bits per heavy atom. The molecule has 0 aromatic heterocycles. The van der Waals surface area contributed by atoms with Gasteiger partial charge in [-0.15, -0.1) is 0 Å². The van der Waals surface area contributed by atoms with Gasteiger partial charge >= 0.3 is 0 Å². The molecule has 0 aliphatic heterocycles. The van der Waals surface area contributed by atoms with E-state index in [1.54, 1.807) is 13.8 Å². The number of hydrogen-bond donors (Lipinski definition) is 2. The Kier molecular flexibility index (Phi) is 2.79. The average Bonchev–Trinajstić information content (AvgIpc) is 1.83. The molecule has 1 saturated carbocycles. The van der Waals surface area contributed by atoms with E-state index in [2.05, 4.69) is 6.92 Å². The maximum Gasteiger partial charge on any atom is 0.0644 e. The first-order valence-corrected chi connectivity index (χ1v) is 4.81. The van der Waals surface area contributed by atoms with Crippen molar-refractivity contribution < 1.29 is 10.2 Å². The van der Waals surface area contributed by atoms with Gasteiger partial charge in [-0.2, -0.15) is 0 Å². The number of hydrogen-bond acceptors (Lipinski definition) is 2. The highest BCUT2D eigenvalue weighted by Gasteiger charge is 2.36. The van der Waals surface area contributed by atoms with E-state index in [9.17, 15) is 10.2 Å². The van der Waals surface area contributed by atoms with Crippen LogP contribution >= 0.6 is 0 Å². The van der Waals surface area contributed by atoms with Gasteiger partial charge in [0.1, 0.15) is 0 Å². The Labute approximate surface area is 74.6 Å². The molecule has 0 radical (unpaired) electrons. The zero-order valence-corrected chi connectivity index (χ0v) is 8.25. The summed E-state index contributed by atoms with van der Waals surface area (Å²) in [6, 6.07) is 0. The molecule has 0 heterocycles. The zero-order chi connectivity index (χ0) is 9.35. The van der Waals surface area contributed by atoms with Crippen molar-refractivity contribution >= 4 is 0 Å². The summed E-state index contributed by atoms with van der Waals surface area (Å²) in [7, 11) is 0. The van der Waals surface area contributed by atoms with Gasteiger partial charge in [0.05, 0.1) is 11.7 Å². The van der Waals surface area contributed by atoms with Gasteiger partial charge in [0, 0.05) is 5.92 Å². The maximum atomic E-state index is 9.74. The van der Waals surface area contributed by atoms with Gasteiger partial charge in [-0.3, -0.25) is 0 Å². The molecule has 0 saturated heterocycles. The van der Waals surface area contributed by atoms with Crippen molar-refractivity contribution in [1.29, 1.82) is 0 Å². The van der Waals surface area contributed by atoms with E-state index >= 15 is 0 Å². The summed E-state index contributed by atoms with van der Waals surface area (Å²) in [6.45, 7) is 5.73. The number of rotatable bonds is 1. The second-order valence-corrected chi connectivity index (χ2v) is 4.75. The van der Waals surface area contributed by atoms with Crippen LogP contribution in [0.1, 0.15) is 40.0 Å². The first kappa shape index (κ1) is 10.0. The van der Waals surface area contributed by atoms with Crippen molar-refractivity contribution in [3.8, 4) is 0 Å². The molecule has 2 heteroatoms. The molecule has 1 unspecified atom stereocenters. The van der Waals surface area contributed by atoms with E-state index < -0.39 is 5.60 Å². The molecule has 72 valence electrons. The molecular weight excluding hydrogens is 152 g/mol. The van der Waals surface area contributed by atoms with Gasteiger partial charge in [0.2, 0.25) is 0 Å². The maximum absolute atomic E-state index is 9.74. The molecule has 12 heavy (non-hydrogen) atoms. The zero-order valence-electron chi connectivity index (χ0n) is 8.25. The van der Waals surface area contributed by atoms with Crippen LogP contribution in [0.3, 0.4) is 0 Å². The van der Waals surface area contributed by atoms with Crippen LogP contribution in [0.15, 0.2) is 0 Å². The summed E-state index contributed by atoms with van der Waals surface area (Å²) in [5.41, 5.74) is -0.723. The third-order valence-corrected chi connectivity index (χ3v) is 2.99. The minimum absolute atomic E-state index is 0.0636. The average molecular weight is 172 g/mol. The Hall–Kier alpha value is -0.0800. The standard InChI is InChI=1S/C10H20O2/c1-7-4-5-8(9(11)6-7)10(2,3)12/h7-9,11-12H,4-6H2,1-3H3/t7-,8?,9+/m0/s1. The fourth-order valence-electron chi connectivity index (χ4n) is 2.17. The molecule has 0 bridgehead atoms. The van der Waals surface area contributed by atoms with E-state index in [4.69, 9.17) is 0 Å². The second kappa shape index (κ2) is 3.35. The van der Waals surface area contributed by atoms with Crippen LogP contribution in [0.2, 0.25) is 0 Å².